The first kappa shape index (κ1) is 18.2. The number of fused-ring (bicyclic) bond motifs is 1. The first-order valence-corrected chi connectivity index (χ1v) is 9.18. The summed E-state index contributed by atoms with van der Waals surface area (Å²) in [4.78, 5) is 26.5. The number of hydrogen-bond acceptors (Lipinski definition) is 4. The van der Waals surface area contributed by atoms with Crippen molar-refractivity contribution in [2.24, 2.45) is 0 Å². The number of nitrogens with one attached hydrogen (secondary N) is 1. The zero-order valence-electron chi connectivity index (χ0n) is 15.6. The highest BCUT2D eigenvalue weighted by molar-refractivity contribution is 7.19. The molecule has 1 amide bonds. The van der Waals surface area contributed by atoms with Gasteiger partial charge < -0.3 is 14.6 Å². The van der Waals surface area contributed by atoms with Gasteiger partial charge in [0.05, 0.1) is 12.8 Å². The number of hydrogen-bond donors (Lipinski definition) is 1. The van der Waals surface area contributed by atoms with Crippen molar-refractivity contribution < 1.29 is 14.3 Å². The highest BCUT2D eigenvalue weighted by Crippen LogP contribution is 2.41. The summed E-state index contributed by atoms with van der Waals surface area (Å²) < 4.78 is 6.97. The van der Waals surface area contributed by atoms with Gasteiger partial charge in [0.1, 0.15) is 4.83 Å². The molecule has 136 valence electrons. The number of nitrogens with zero attached hydrogens (tertiary/aromatic N) is 1. The fourth-order valence-electron chi connectivity index (χ4n) is 3.20. The maximum Gasteiger partial charge on any atom is 0.356 e. The van der Waals surface area contributed by atoms with Gasteiger partial charge in [0.2, 0.25) is 5.91 Å². The van der Waals surface area contributed by atoms with Crippen LogP contribution in [0.15, 0.2) is 24.3 Å². The molecule has 0 saturated carbocycles. The number of aromatic nitrogens is 1. The summed E-state index contributed by atoms with van der Waals surface area (Å²) in [6, 6.07) is 8.17. The maximum atomic E-state index is 12.6. The number of ether oxygens (including phenoxy) is 1. The van der Waals surface area contributed by atoms with Gasteiger partial charge in [-0.2, -0.15) is 0 Å². The summed E-state index contributed by atoms with van der Waals surface area (Å²) >= 11 is 1.62. The van der Waals surface area contributed by atoms with E-state index in [1.54, 1.807) is 11.3 Å². The zero-order valence-corrected chi connectivity index (χ0v) is 16.4. The number of anilines is 1. The normalized spacial score (nSPS) is 11.0. The van der Waals surface area contributed by atoms with Crippen molar-refractivity contribution in [3.63, 3.8) is 0 Å². The molecule has 1 aromatic carbocycles. The molecule has 2 aromatic heterocycles. The SMILES string of the molecule is COC(=O)c1c(NC(C)=O)c2c(C)c(C)sc2n1Cc1cccc(C)c1. The second-order valence-electron chi connectivity index (χ2n) is 6.43. The molecule has 0 fully saturated rings. The van der Waals surface area contributed by atoms with E-state index in [0.29, 0.717) is 17.9 Å². The number of esters is 1. The molecule has 3 aromatic rings. The Labute approximate surface area is 156 Å². The summed E-state index contributed by atoms with van der Waals surface area (Å²) in [5, 5.41) is 3.76. The molecular formula is C20H22N2O3S. The van der Waals surface area contributed by atoms with Crippen LogP contribution in [-0.4, -0.2) is 23.6 Å². The molecule has 0 spiro atoms. The minimum atomic E-state index is -0.457. The highest BCUT2D eigenvalue weighted by atomic mass is 32.1. The van der Waals surface area contributed by atoms with Gasteiger partial charge in [-0.15, -0.1) is 11.3 Å². The molecule has 6 heteroatoms. The monoisotopic (exact) mass is 370 g/mol. The number of benzene rings is 1. The van der Waals surface area contributed by atoms with Crippen molar-refractivity contribution in [2.45, 2.75) is 34.2 Å². The third-order valence-corrected chi connectivity index (χ3v) is 5.70. The molecule has 0 bridgehead atoms. The van der Waals surface area contributed by atoms with Crippen LogP contribution < -0.4 is 5.32 Å². The van der Waals surface area contributed by atoms with Crippen molar-refractivity contribution in [1.29, 1.82) is 0 Å². The topological polar surface area (TPSA) is 60.3 Å². The van der Waals surface area contributed by atoms with Crippen LogP contribution in [0.5, 0.6) is 0 Å². The summed E-state index contributed by atoms with van der Waals surface area (Å²) in [6.07, 6.45) is 0. The summed E-state index contributed by atoms with van der Waals surface area (Å²) in [7, 11) is 1.36. The van der Waals surface area contributed by atoms with E-state index in [1.807, 2.05) is 43.5 Å². The Morgan fingerprint density at radius 3 is 2.58 bits per heavy atom. The minimum Gasteiger partial charge on any atom is -0.464 e. The summed E-state index contributed by atoms with van der Waals surface area (Å²) in [5.41, 5.74) is 4.24. The predicted octanol–water partition coefficient (Wildman–Crippen LogP) is 4.42. The van der Waals surface area contributed by atoms with Gasteiger partial charge >= 0.3 is 5.97 Å². The summed E-state index contributed by atoms with van der Waals surface area (Å²) in [6.45, 7) is 8.07. The molecule has 0 unspecified atom stereocenters. The number of carbonyl (C=O) groups excluding carboxylic acids is 2. The lowest BCUT2D eigenvalue weighted by atomic mass is 10.1. The average Bonchev–Trinajstić information content (AvgIpc) is 3.02. The van der Waals surface area contributed by atoms with Crippen molar-refractivity contribution >= 4 is 39.1 Å². The van der Waals surface area contributed by atoms with Gasteiger partial charge in [0.25, 0.3) is 0 Å². The molecular weight excluding hydrogens is 348 g/mol. The molecule has 0 aliphatic rings. The lowest BCUT2D eigenvalue weighted by Crippen LogP contribution is -2.16. The van der Waals surface area contributed by atoms with Crippen LogP contribution in [0.1, 0.15) is 39.0 Å². The zero-order chi connectivity index (χ0) is 19.0. The maximum absolute atomic E-state index is 12.6. The molecule has 0 radical (unpaired) electrons. The Bertz CT molecular complexity index is 1010. The van der Waals surface area contributed by atoms with E-state index in [4.69, 9.17) is 4.74 Å². The second-order valence-corrected chi connectivity index (χ2v) is 7.64. The van der Waals surface area contributed by atoms with Crippen LogP contribution in [0, 0.1) is 20.8 Å². The molecule has 26 heavy (non-hydrogen) atoms. The third kappa shape index (κ3) is 3.12. The van der Waals surface area contributed by atoms with Crippen molar-refractivity contribution in [1.82, 2.24) is 4.57 Å². The molecule has 2 heterocycles. The largest absolute Gasteiger partial charge is 0.464 e. The van der Waals surface area contributed by atoms with E-state index in [1.165, 1.54) is 14.0 Å². The van der Waals surface area contributed by atoms with Crippen molar-refractivity contribution in [2.75, 3.05) is 12.4 Å². The number of rotatable bonds is 4. The van der Waals surface area contributed by atoms with E-state index < -0.39 is 5.97 Å². The van der Waals surface area contributed by atoms with E-state index in [-0.39, 0.29) is 5.91 Å². The van der Waals surface area contributed by atoms with Gasteiger partial charge in [-0.3, -0.25) is 4.79 Å². The minimum absolute atomic E-state index is 0.215. The quantitative estimate of drug-likeness (QED) is 0.692. The van der Waals surface area contributed by atoms with Crippen LogP contribution in [0.25, 0.3) is 10.2 Å². The van der Waals surface area contributed by atoms with Gasteiger partial charge in [0.15, 0.2) is 5.69 Å². The van der Waals surface area contributed by atoms with Crippen LogP contribution in [0.4, 0.5) is 5.69 Å². The van der Waals surface area contributed by atoms with Crippen LogP contribution in [0.3, 0.4) is 0 Å². The Morgan fingerprint density at radius 1 is 1.23 bits per heavy atom. The average molecular weight is 370 g/mol. The lowest BCUT2D eigenvalue weighted by molar-refractivity contribution is -0.114. The first-order valence-electron chi connectivity index (χ1n) is 8.37. The van der Waals surface area contributed by atoms with Gasteiger partial charge in [0, 0.05) is 23.7 Å². The van der Waals surface area contributed by atoms with E-state index >= 15 is 0 Å². The van der Waals surface area contributed by atoms with Crippen LogP contribution in [0.2, 0.25) is 0 Å². The number of aryl methyl sites for hydroxylation is 3. The van der Waals surface area contributed by atoms with Gasteiger partial charge in [-0.1, -0.05) is 29.8 Å². The first-order chi connectivity index (χ1) is 12.3. The van der Waals surface area contributed by atoms with Gasteiger partial charge in [-0.05, 0) is 31.9 Å². The molecule has 0 aliphatic carbocycles. The van der Waals surface area contributed by atoms with E-state index in [2.05, 4.69) is 11.4 Å². The fraction of sp³-hybridized carbons (Fsp3) is 0.300. The highest BCUT2D eigenvalue weighted by Gasteiger charge is 2.27. The predicted molar refractivity (Wildman–Crippen MR) is 105 cm³/mol. The molecule has 0 saturated heterocycles. The molecule has 5 nitrogen and oxygen atoms in total. The fourth-order valence-corrected chi connectivity index (χ4v) is 4.37. The summed E-state index contributed by atoms with van der Waals surface area (Å²) in [5.74, 6) is -0.671. The standard InChI is InChI=1S/C20H22N2O3S/c1-11-7-6-8-15(9-11)10-22-18(20(24)25-5)17(21-14(4)23)16-12(2)13(3)26-19(16)22/h6-9H,10H2,1-5H3,(H,21,23). The van der Waals surface area contributed by atoms with Crippen molar-refractivity contribution in [3.05, 3.63) is 51.5 Å². The van der Waals surface area contributed by atoms with Crippen molar-refractivity contribution in [3.8, 4) is 0 Å². The number of carbonyl (C=O) groups is 2. The molecule has 0 aliphatic heterocycles. The van der Waals surface area contributed by atoms with E-state index in [0.717, 1.165) is 31.8 Å². The molecule has 1 N–H and O–H groups in total. The molecule has 0 atom stereocenters. The third-order valence-electron chi connectivity index (χ3n) is 4.47. The Balaban J connectivity index is 2.29. The smallest absolute Gasteiger partial charge is 0.356 e. The van der Waals surface area contributed by atoms with Crippen LogP contribution >= 0.6 is 11.3 Å². The Kier molecular flexibility index (Phi) is 4.87. The van der Waals surface area contributed by atoms with Crippen LogP contribution in [-0.2, 0) is 16.1 Å². The van der Waals surface area contributed by atoms with Gasteiger partial charge in [-0.25, -0.2) is 4.79 Å². The number of thiophene rings is 1. The molecule has 3 rings (SSSR count). The Hall–Kier alpha value is -2.60. The number of methoxy groups -OCH3 is 1. The second kappa shape index (κ2) is 6.96. The Morgan fingerprint density at radius 2 is 1.96 bits per heavy atom. The number of amides is 1. The lowest BCUT2D eigenvalue weighted by Gasteiger charge is -2.11. The van der Waals surface area contributed by atoms with E-state index in [9.17, 15) is 9.59 Å².